The third-order valence-corrected chi connectivity index (χ3v) is 6.72. The van der Waals surface area contributed by atoms with Crippen molar-refractivity contribution >= 4 is 33.0 Å². The summed E-state index contributed by atoms with van der Waals surface area (Å²) in [5, 5.41) is 8.96. The van der Waals surface area contributed by atoms with Crippen molar-refractivity contribution in [2.75, 3.05) is 22.4 Å². The second kappa shape index (κ2) is 9.33. The zero-order chi connectivity index (χ0) is 24.3. The van der Waals surface area contributed by atoms with Crippen LogP contribution in [0.1, 0.15) is 29.4 Å². The third kappa shape index (κ3) is 4.74. The van der Waals surface area contributed by atoms with E-state index in [0.717, 1.165) is 11.3 Å². The van der Waals surface area contributed by atoms with Crippen LogP contribution in [0.2, 0.25) is 0 Å². The molecular formula is C24H22N6O3S. The first-order chi connectivity index (χ1) is 16.3. The summed E-state index contributed by atoms with van der Waals surface area (Å²) in [5.41, 5.74) is 3.95. The first-order valence-corrected chi connectivity index (χ1v) is 12.2. The zero-order valence-electron chi connectivity index (χ0n) is 18.6. The number of carbonyl (C=O) groups is 1. The van der Waals surface area contributed by atoms with Gasteiger partial charge in [-0.25, -0.2) is 18.4 Å². The Bertz CT molecular complexity index is 1490. The van der Waals surface area contributed by atoms with E-state index < -0.39 is 10.0 Å². The van der Waals surface area contributed by atoms with Crippen LogP contribution in [0, 0.1) is 11.3 Å². The van der Waals surface area contributed by atoms with Gasteiger partial charge in [0, 0.05) is 30.2 Å². The van der Waals surface area contributed by atoms with Crippen molar-refractivity contribution in [3.8, 4) is 17.3 Å². The van der Waals surface area contributed by atoms with Gasteiger partial charge in [-0.2, -0.15) is 5.26 Å². The number of anilines is 2. The summed E-state index contributed by atoms with van der Waals surface area (Å²) < 4.78 is 28.3. The van der Waals surface area contributed by atoms with E-state index in [-0.39, 0.29) is 17.4 Å². The molecule has 2 aromatic heterocycles. The number of sulfonamides is 1. The number of hydrogen-bond acceptors (Lipinski definition) is 6. The van der Waals surface area contributed by atoms with Gasteiger partial charge in [0.25, 0.3) is 5.91 Å². The summed E-state index contributed by atoms with van der Waals surface area (Å²) in [6, 6.07) is 15.7. The van der Waals surface area contributed by atoms with Crippen LogP contribution in [0.3, 0.4) is 0 Å². The molecule has 10 heteroatoms. The largest absolute Gasteiger partial charge is 0.310 e. The second-order valence-electron chi connectivity index (χ2n) is 7.67. The minimum absolute atomic E-state index is 0.0583. The Morgan fingerprint density at radius 2 is 1.79 bits per heavy atom. The van der Waals surface area contributed by atoms with Gasteiger partial charge in [0.2, 0.25) is 10.0 Å². The third-order valence-electron chi connectivity index (χ3n) is 5.23. The first-order valence-electron chi connectivity index (χ1n) is 10.5. The normalized spacial score (nSPS) is 11.2. The molecule has 2 aromatic carbocycles. The lowest BCUT2D eigenvalue weighted by atomic mass is 10.1. The van der Waals surface area contributed by atoms with Crippen molar-refractivity contribution in [1.82, 2.24) is 14.4 Å². The highest BCUT2D eigenvalue weighted by molar-refractivity contribution is 7.92. The van der Waals surface area contributed by atoms with Crippen molar-refractivity contribution in [3.63, 3.8) is 0 Å². The van der Waals surface area contributed by atoms with Gasteiger partial charge in [0.05, 0.1) is 35.5 Å². The molecule has 0 aliphatic carbocycles. The highest BCUT2D eigenvalue weighted by atomic mass is 32.2. The van der Waals surface area contributed by atoms with E-state index in [1.807, 2.05) is 6.92 Å². The number of nitriles is 1. The van der Waals surface area contributed by atoms with Gasteiger partial charge in [0.1, 0.15) is 5.69 Å². The minimum Gasteiger partial charge on any atom is -0.310 e. The summed E-state index contributed by atoms with van der Waals surface area (Å²) in [6.45, 7) is 1.81. The van der Waals surface area contributed by atoms with Gasteiger partial charge in [-0.3, -0.25) is 13.9 Å². The van der Waals surface area contributed by atoms with Crippen molar-refractivity contribution in [3.05, 3.63) is 78.4 Å². The summed E-state index contributed by atoms with van der Waals surface area (Å²) in [4.78, 5) is 23.1. The molecular weight excluding hydrogens is 452 g/mol. The van der Waals surface area contributed by atoms with E-state index in [1.54, 1.807) is 72.4 Å². The molecule has 0 aliphatic rings. The molecule has 0 atom stereocenters. The molecule has 172 valence electrons. The van der Waals surface area contributed by atoms with E-state index in [4.69, 9.17) is 5.26 Å². The molecule has 4 aromatic rings. The molecule has 9 nitrogen and oxygen atoms in total. The fraction of sp³-hybridized carbons (Fsp3) is 0.167. The highest BCUT2D eigenvalue weighted by Gasteiger charge is 2.17. The lowest BCUT2D eigenvalue weighted by Crippen LogP contribution is -2.27. The van der Waals surface area contributed by atoms with E-state index in [2.05, 4.69) is 20.8 Å². The SMILES string of the molecule is CCCS(=O)(=O)Nc1ccc(-c2cnc3cnc(C(=O)N(C)c4ccc(C#N)cc4)cn23)cc1. The predicted molar refractivity (Wildman–Crippen MR) is 130 cm³/mol. The molecule has 0 unspecified atom stereocenters. The van der Waals surface area contributed by atoms with E-state index in [0.29, 0.717) is 29.0 Å². The number of nitrogens with one attached hydrogen (secondary N) is 1. The number of benzene rings is 2. The lowest BCUT2D eigenvalue weighted by molar-refractivity contribution is 0.0988. The fourth-order valence-electron chi connectivity index (χ4n) is 3.47. The summed E-state index contributed by atoms with van der Waals surface area (Å²) >= 11 is 0. The highest BCUT2D eigenvalue weighted by Crippen LogP contribution is 2.24. The van der Waals surface area contributed by atoms with Crippen LogP contribution in [-0.2, 0) is 10.0 Å². The maximum atomic E-state index is 13.0. The number of carbonyl (C=O) groups excluding carboxylic acids is 1. The Hall–Kier alpha value is -4.23. The molecule has 0 fully saturated rings. The van der Waals surface area contributed by atoms with Crippen LogP contribution in [0.25, 0.3) is 16.9 Å². The number of amides is 1. The van der Waals surface area contributed by atoms with Gasteiger partial charge in [-0.15, -0.1) is 0 Å². The van der Waals surface area contributed by atoms with Crippen LogP contribution in [-0.4, -0.2) is 41.5 Å². The quantitative estimate of drug-likeness (QED) is 0.436. The Labute approximate surface area is 197 Å². The Balaban J connectivity index is 1.61. The maximum absolute atomic E-state index is 13.0. The fourth-order valence-corrected chi connectivity index (χ4v) is 4.60. The van der Waals surface area contributed by atoms with Crippen LogP contribution < -0.4 is 9.62 Å². The van der Waals surface area contributed by atoms with Crippen LogP contribution in [0.5, 0.6) is 0 Å². The molecule has 1 amide bonds. The van der Waals surface area contributed by atoms with E-state index in [1.165, 1.54) is 11.1 Å². The van der Waals surface area contributed by atoms with Gasteiger partial charge >= 0.3 is 0 Å². The molecule has 34 heavy (non-hydrogen) atoms. The van der Waals surface area contributed by atoms with Crippen molar-refractivity contribution in [1.29, 1.82) is 5.26 Å². The Kier molecular flexibility index (Phi) is 6.30. The van der Waals surface area contributed by atoms with E-state index in [9.17, 15) is 13.2 Å². The van der Waals surface area contributed by atoms with Crippen molar-refractivity contribution < 1.29 is 13.2 Å². The molecule has 0 saturated heterocycles. The smallest absolute Gasteiger partial charge is 0.278 e. The summed E-state index contributed by atoms with van der Waals surface area (Å²) in [7, 11) is -1.73. The minimum atomic E-state index is -3.37. The van der Waals surface area contributed by atoms with E-state index >= 15 is 0 Å². The number of imidazole rings is 1. The van der Waals surface area contributed by atoms with Gasteiger partial charge < -0.3 is 4.90 Å². The number of nitrogens with zero attached hydrogens (tertiary/aromatic N) is 5. The molecule has 0 aliphatic heterocycles. The summed E-state index contributed by atoms with van der Waals surface area (Å²) in [6.07, 6.45) is 5.35. The van der Waals surface area contributed by atoms with Crippen LogP contribution in [0.4, 0.5) is 11.4 Å². The molecule has 0 spiro atoms. The van der Waals surface area contributed by atoms with Crippen LogP contribution >= 0.6 is 0 Å². The zero-order valence-corrected chi connectivity index (χ0v) is 19.5. The lowest BCUT2D eigenvalue weighted by Gasteiger charge is -2.17. The topological polar surface area (TPSA) is 120 Å². The number of aromatic nitrogens is 3. The number of hydrogen-bond donors (Lipinski definition) is 1. The van der Waals surface area contributed by atoms with Crippen LogP contribution in [0.15, 0.2) is 67.1 Å². The molecule has 0 radical (unpaired) electrons. The number of rotatable bonds is 7. The molecule has 0 bridgehead atoms. The first kappa shape index (κ1) is 22.9. The van der Waals surface area contributed by atoms with Gasteiger partial charge in [0.15, 0.2) is 5.65 Å². The molecule has 0 saturated carbocycles. The average molecular weight is 475 g/mol. The molecule has 2 heterocycles. The van der Waals surface area contributed by atoms with Crippen molar-refractivity contribution in [2.45, 2.75) is 13.3 Å². The summed E-state index contributed by atoms with van der Waals surface area (Å²) in [5.74, 6) is -0.255. The van der Waals surface area contributed by atoms with Gasteiger partial charge in [-0.1, -0.05) is 19.1 Å². The predicted octanol–water partition coefficient (Wildman–Crippen LogP) is 3.70. The molecule has 1 N–H and O–H groups in total. The standard InChI is InChI=1S/C24H22N6O3S/c1-3-12-34(32,33)28-19-8-6-18(7-9-19)22-14-27-23-15-26-21(16-30(22)23)24(31)29(2)20-10-4-17(13-25)5-11-20/h4-11,14-16,28H,3,12H2,1-2H3. The Morgan fingerprint density at radius 3 is 2.44 bits per heavy atom. The average Bonchev–Trinajstić information content (AvgIpc) is 3.26. The second-order valence-corrected chi connectivity index (χ2v) is 9.51. The Morgan fingerprint density at radius 1 is 1.09 bits per heavy atom. The molecule has 4 rings (SSSR count). The van der Waals surface area contributed by atoms with Crippen molar-refractivity contribution in [2.24, 2.45) is 0 Å². The van der Waals surface area contributed by atoms with Gasteiger partial charge in [-0.05, 0) is 42.8 Å². The number of fused-ring (bicyclic) bond motifs is 1. The maximum Gasteiger partial charge on any atom is 0.278 e. The monoisotopic (exact) mass is 474 g/mol.